The summed E-state index contributed by atoms with van der Waals surface area (Å²) in [4.78, 5) is 16.5. The minimum Gasteiger partial charge on any atom is -0.349 e. The van der Waals surface area contributed by atoms with Crippen LogP contribution < -0.4 is 10.6 Å². The van der Waals surface area contributed by atoms with Gasteiger partial charge in [-0.1, -0.05) is 18.2 Å². The van der Waals surface area contributed by atoms with Crippen molar-refractivity contribution >= 4 is 41.6 Å². The molecule has 0 saturated carbocycles. The molecule has 21 heavy (non-hydrogen) atoms. The van der Waals surface area contributed by atoms with E-state index in [1.165, 1.54) is 0 Å². The van der Waals surface area contributed by atoms with Crippen molar-refractivity contribution in [3.05, 3.63) is 41.6 Å². The van der Waals surface area contributed by atoms with Crippen LogP contribution in [0.2, 0.25) is 0 Å². The summed E-state index contributed by atoms with van der Waals surface area (Å²) in [6.45, 7) is 4.60. The summed E-state index contributed by atoms with van der Waals surface area (Å²) in [5, 5.41) is 7.04. The van der Waals surface area contributed by atoms with Gasteiger partial charge in [-0.05, 0) is 38.6 Å². The number of hydrogen-bond donors (Lipinski definition) is 2. The zero-order valence-corrected chi connectivity index (χ0v) is 14.0. The second kappa shape index (κ2) is 8.82. The largest absolute Gasteiger partial charge is 0.349 e. The van der Waals surface area contributed by atoms with E-state index in [2.05, 4.69) is 15.6 Å². The smallest absolute Gasteiger partial charge is 0.269 e. The molecule has 0 aliphatic rings. The van der Waals surface area contributed by atoms with Crippen molar-refractivity contribution < 1.29 is 4.79 Å². The van der Waals surface area contributed by atoms with Crippen molar-refractivity contribution in [3.63, 3.8) is 0 Å². The van der Waals surface area contributed by atoms with Crippen LogP contribution in [-0.4, -0.2) is 30.5 Å². The second-order valence-corrected chi connectivity index (χ2v) is 4.74. The summed E-state index contributed by atoms with van der Waals surface area (Å²) >= 11 is 0. The molecule has 0 spiro atoms. The lowest BCUT2D eigenvalue weighted by atomic mass is 10.1. The molecule has 0 saturated heterocycles. The number of nitrogens with zero attached hydrogens (tertiary/aromatic N) is 1. The average Bonchev–Trinajstić information content (AvgIpc) is 2.44. The summed E-state index contributed by atoms with van der Waals surface area (Å²) in [6, 6.07) is 9.93. The number of carbonyl (C=O) groups excluding carboxylic acids is 1. The predicted molar refractivity (Wildman–Crippen MR) is 91.8 cm³/mol. The summed E-state index contributed by atoms with van der Waals surface area (Å²) < 4.78 is 0. The van der Waals surface area contributed by atoms with E-state index in [-0.39, 0.29) is 36.8 Å². The molecule has 1 heterocycles. The highest BCUT2D eigenvalue weighted by Gasteiger charge is 2.10. The molecule has 0 aliphatic carbocycles. The quantitative estimate of drug-likeness (QED) is 0.906. The van der Waals surface area contributed by atoms with E-state index in [1.807, 2.05) is 51.2 Å². The Morgan fingerprint density at radius 1 is 1.29 bits per heavy atom. The monoisotopic (exact) mass is 329 g/mol. The number of hydrogen-bond acceptors (Lipinski definition) is 3. The predicted octanol–water partition coefficient (Wildman–Crippen LogP) is 2.72. The number of likely N-dealkylation sites (N-methyl/N-ethyl adjacent to an activating group) is 1. The van der Waals surface area contributed by atoms with Crippen molar-refractivity contribution in [1.82, 2.24) is 15.6 Å². The Bertz CT molecular complexity index is 604. The van der Waals surface area contributed by atoms with E-state index in [1.54, 1.807) is 0 Å². The zero-order valence-electron chi connectivity index (χ0n) is 12.3. The van der Waals surface area contributed by atoms with Gasteiger partial charge in [0.1, 0.15) is 5.69 Å². The number of aromatic nitrogens is 1. The van der Waals surface area contributed by atoms with Gasteiger partial charge in [-0.15, -0.1) is 24.8 Å². The third-order valence-corrected chi connectivity index (χ3v) is 3.22. The Labute approximate surface area is 137 Å². The topological polar surface area (TPSA) is 54.0 Å². The fourth-order valence-electron chi connectivity index (χ4n) is 1.90. The van der Waals surface area contributed by atoms with Crippen LogP contribution in [0.15, 0.2) is 30.3 Å². The number of para-hydroxylation sites is 1. The molecule has 2 N–H and O–H groups in total. The van der Waals surface area contributed by atoms with E-state index >= 15 is 0 Å². The fraction of sp³-hybridized carbons (Fsp3) is 0.333. The van der Waals surface area contributed by atoms with E-state index < -0.39 is 0 Å². The number of halogens is 2. The molecule has 0 aliphatic heterocycles. The molecular formula is C15H21Cl2N3O. The number of amides is 1. The summed E-state index contributed by atoms with van der Waals surface area (Å²) in [6.07, 6.45) is 0. The maximum atomic E-state index is 12.1. The first kappa shape index (κ1) is 19.6. The summed E-state index contributed by atoms with van der Waals surface area (Å²) in [5.74, 6) is -0.129. The van der Waals surface area contributed by atoms with Gasteiger partial charge in [0.2, 0.25) is 0 Å². The Hall–Kier alpha value is -1.36. The molecule has 0 radical (unpaired) electrons. The number of fused-ring (bicyclic) bond motifs is 1. The Balaban J connectivity index is 0.00000200. The minimum absolute atomic E-state index is 0. The van der Waals surface area contributed by atoms with Gasteiger partial charge in [0.25, 0.3) is 5.91 Å². The summed E-state index contributed by atoms with van der Waals surface area (Å²) in [5.41, 5.74) is 2.39. The van der Waals surface area contributed by atoms with Crippen LogP contribution in [0, 0.1) is 6.92 Å². The molecule has 1 atom stereocenters. The van der Waals surface area contributed by atoms with E-state index in [4.69, 9.17) is 0 Å². The van der Waals surface area contributed by atoms with Crippen molar-refractivity contribution in [2.75, 3.05) is 13.6 Å². The minimum atomic E-state index is -0.129. The first-order valence-electron chi connectivity index (χ1n) is 6.43. The molecular weight excluding hydrogens is 309 g/mol. The Morgan fingerprint density at radius 2 is 1.95 bits per heavy atom. The van der Waals surface area contributed by atoms with Gasteiger partial charge in [-0.25, -0.2) is 4.98 Å². The third kappa shape index (κ3) is 4.84. The van der Waals surface area contributed by atoms with Crippen LogP contribution in [-0.2, 0) is 0 Å². The van der Waals surface area contributed by atoms with Crippen LogP contribution in [0.4, 0.5) is 0 Å². The Morgan fingerprint density at radius 3 is 2.62 bits per heavy atom. The van der Waals surface area contributed by atoms with Crippen LogP contribution in [0.1, 0.15) is 23.0 Å². The number of benzene rings is 1. The molecule has 0 bridgehead atoms. The van der Waals surface area contributed by atoms with E-state index in [0.717, 1.165) is 16.5 Å². The van der Waals surface area contributed by atoms with E-state index in [0.29, 0.717) is 12.2 Å². The van der Waals surface area contributed by atoms with Gasteiger partial charge < -0.3 is 10.6 Å². The van der Waals surface area contributed by atoms with Gasteiger partial charge in [-0.3, -0.25) is 4.79 Å². The van der Waals surface area contributed by atoms with Gasteiger partial charge in [0.15, 0.2) is 0 Å². The van der Waals surface area contributed by atoms with Crippen LogP contribution in [0.5, 0.6) is 0 Å². The highest BCUT2D eigenvalue weighted by atomic mass is 35.5. The highest BCUT2D eigenvalue weighted by Crippen LogP contribution is 2.17. The molecule has 6 heteroatoms. The number of pyridine rings is 1. The molecule has 1 unspecified atom stereocenters. The Kier molecular flexibility index (Phi) is 8.25. The molecule has 1 aromatic carbocycles. The fourth-order valence-corrected chi connectivity index (χ4v) is 1.90. The first-order chi connectivity index (χ1) is 9.11. The number of nitrogens with one attached hydrogen (secondary N) is 2. The maximum Gasteiger partial charge on any atom is 0.269 e. The van der Waals surface area contributed by atoms with Gasteiger partial charge in [0, 0.05) is 18.0 Å². The standard InChI is InChI=1S/C15H19N3O.2ClH/c1-10-8-14(15(19)17-9-11(2)16-3)18-13-7-5-4-6-12(10)13;;/h4-8,11,16H,9H2,1-3H3,(H,17,19);2*1H. The maximum absolute atomic E-state index is 12.1. The highest BCUT2D eigenvalue weighted by molar-refractivity contribution is 5.95. The van der Waals surface area contributed by atoms with Crippen LogP contribution in [0.25, 0.3) is 10.9 Å². The van der Waals surface area contributed by atoms with Crippen molar-refractivity contribution in [2.45, 2.75) is 19.9 Å². The van der Waals surface area contributed by atoms with Crippen molar-refractivity contribution in [1.29, 1.82) is 0 Å². The van der Waals surface area contributed by atoms with Gasteiger partial charge in [-0.2, -0.15) is 0 Å². The lowest BCUT2D eigenvalue weighted by Gasteiger charge is -2.11. The van der Waals surface area contributed by atoms with E-state index in [9.17, 15) is 4.79 Å². The molecule has 2 aromatic rings. The van der Waals surface area contributed by atoms with Crippen molar-refractivity contribution in [3.8, 4) is 0 Å². The molecule has 0 fully saturated rings. The molecule has 4 nitrogen and oxygen atoms in total. The average molecular weight is 330 g/mol. The SMILES string of the molecule is CNC(C)CNC(=O)c1cc(C)c2ccccc2n1.Cl.Cl. The normalized spacial score (nSPS) is 11.2. The molecule has 2 rings (SSSR count). The third-order valence-electron chi connectivity index (χ3n) is 3.22. The second-order valence-electron chi connectivity index (χ2n) is 4.74. The molecule has 1 amide bonds. The van der Waals surface area contributed by atoms with Crippen molar-refractivity contribution in [2.24, 2.45) is 0 Å². The first-order valence-corrected chi connectivity index (χ1v) is 6.43. The zero-order chi connectivity index (χ0) is 13.8. The lowest BCUT2D eigenvalue weighted by molar-refractivity contribution is 0.0946. The van der Waals surface area contributed by atoms with Gasteiger partial charge >= 0.3 is 0 Å². The number of rotatable bonds is 4. The van der Waals surface area contributed by atoms with Crippen LogP contribution in [0.3, 0.4) is 0 Å². The van der Waals surface area contributed by atoms with Gasteiger partial charge in [0.05, 0.1) is 5.52 Å². The molecule has 116 valence electrons. The number of aryl methyl sites for hydroxylation is 1. The summed E-state index contributed by atoms with van der Waals surface area (Å²) in [7, 11) is 1.87. The molecule has 1 aromatic heterocycles. The number of carbonyl (C=O) groups is 1. The van der Waals surface area contributed by atoms with Crippen LogP contribution >= 0.6 is 24.8 Å². The lowest BCUT2D eigenvalue weighted by Crippen LogP contribution is -2.37.